The minimum atomic E-state index is -0.150. The van der Waals surface area contributed by atoms with Crippen LogP contribution in [0, 0.1) is 0 Å². The molecule has 290 valence electrons. The Balaban J connectivity index is 0.962. The van der Waals surface area contributed by atoms with E-state index in [0.717, 1.165) is 46.9 Å². The van der Waals surface area contributed by atoms with Crippen LogP contribution in [-0.2, 0) is 10.8 Å². The zero-order valence-corrected chi connectivity index (χ0v) is 34.5. The minimum Gasteiger partial charge on any atom is -0.456 e. The lowest BCUT2D eigenvalue weighted by Gasteiger charge is -2.34. The van der Waals surface area contributed by atoms with Gasteiger partial charge >= 0.3 is 0 Å². The fourth-order valence-electron chi connectivity index (χ4n) is 9.80. The van der Waals surface area contributed by atoms with Crippen molar-refractivity contribution in [2.45, 2.75) is 50.9 Å². The molecule has 0 radical (unpaired) electrons. The molecule has 0 amide bonds. The summed E-state index contributed by atoms with van der Waals surface area (Å²) in [6.07, 6.45) is 17.3. The van der Waals surface area contributed by atoms with E-state index in [9.17, 15) is 0 Å². The van der Waals surface area contributed by atoms with Crippen molar-refractivity contribution >= 4 is 38.9 Å². The molecule has 0 spiro atoms. The molecule has 0 saturated heterocycles. The molecule has 0 N–H and O–H groups in total. The standard InChI is InChI=1S/C58H47NO/c1-57(2)53-37-44(40-14-8-5-9-15-40)22-29-49(53)50-30-28-48(38-54(50)57)59(47-32-34-58(3,35-33-47)45-24-18-41(19-25-45)39-12-6-4-7-13-39)46-26-20-42(21-27-46)43-23-31-56-52(36-43)51-16-10-11-17-55(51)60-56/h4,6-8,10-34,36-38H,5,9,35H2,1-3H3. The lowest BCUT2D eigenvalue weighted by atomic mass is 9.76. The van der Waals surface area contributed by atoms with Gasteiger partial charge in [-0.15, -0.1) is 0 Å². The molecule has 60 heavy (non-hydrogen) atoms. The van der Waals surface area contributed by atoms with Gasteiger partial charge in [0.2, 0.25) is 0 Å². The highest BCUT2D eigenvalue weighted by atomic mass is 16.3. The zero-order valence-electron chi connectivity index (χ0n) is 34.5. The first-order chi connectivity index (χ1) is 29.3. The van der Waals surface area contributed by atoms with Crippen LogP contribution in [-0.4, -0.2) is 0 Å². The monoisotopic (exact) mass is 773 g/mol. The first kappa shape index (κ1) is 36.2. The molecule has 2 nitrogen and oxygen atoms in total. The zero-order chi connectivity index (χ0) is 40.4. The van der Waals surface area contributed by atoms with Crippen LogP contribution in [0.15, 0.2) is 204 Å². The lowest BCUT2D eigenvalue weighted by Crippen LogP contribution is -2.24. The highest BCUT2D eigenvalue weighted by molar-refractivity contribution is 6.06. The van der Waals surface area contributed by atoms with E-state index in [1.165, 1.54) is 72.6 Å². The van der Waals surface area contributed by atoms with Gasteiger partial charge in [0, 0.05) is 38.7 Å². The van der Waals surface area contributed by atoms with Crippen LogP contribution in [0.2, 0.25) is 0 Å². The van der Waals surface area contributed by atoms with Crippen molar-refractivity contribution < 1.29 is 4.42 Å². The molecule has 7 aromatic carbocycles. The van der Waals surface area contributed by atoms with Crippen LogP contribution < -0.4 is 4.90 Å². The summed E-state index contributed by atoms with van der Waals surface area (Å²) in [6, 6.07) is 57.9. The maximum atomic E-state index is 6.15. The van der Waals surface area contributed by atoms with Crippen molar-refractivity contribution in [1.82, 2.24) is 0 Å². The Kier molecular flexibility index (Phi) is 8.53. The second kappa shape index (κ2) is 14.1. The molecule has 1 atom stereocenters. The predicted octanol–water partition coefficient (Wildman–Crippen LogP) is 15.9. The van der Waals surface area contributed by atoms with E-state index in [1.54, 1.807) is 0 Å². The number of fused-ring (bicyclic) bond motifs is 6. The fraction of sp³-hybridized carbons (Fsp3) is 0.138. The number of hydrogen-bond donors (Lipinski definition) is 0. The third-order valence-electron chi connectivity index (χ3n) is 13.3. The highest BCUT2D eigenvalue weighted by Crippen LogP contribution is 2.51. The van der Waals surface area contributed by atoms with Crippen LogP contribution in [0.1, 0.15) is 62.3 Å². The van der Waals surface area contributed by atoms with Gasteiger partial charge < -0.3 is 9.32 Å². The Hall–Kier alpha value is -6.90. The van der Waals surface area contributed by atoms with E-state index in [1.807, 2.05) is 12.1 Å². The molecular formula is C58H47NO. The maximum Gasteiger partial charge on any atom is 0.135 e. The summed E-state index contributed by atoms with van der Waals surface area (Å²) in [4.78, 5) is 2.45. The Morgan fingerprint density at radius 1 is 0.500 bits per heavy atom. The van der Waals surface area contributed by atoms with Crippen LogP contribution >= 0.6 is 0 Å². The summed E-state index contributed by atoms with van der Waals surface area (Å²) in [6.45, 7) is 7.14. The van der Waals surface area contributed by atoms with Gasteiger partial charge in [-0.05, 0) is 135 Å². The van der Waals surface area contributed by atoms with Crippen molar-refractivity contribution in [3.05, 3.63) is 222 Å². The third kappa shape index (κ3) is 6.09. The lowest BCUT2D eigenvalue weighted by molar-refractivity contribution is 0.595. The van der Waals surface area contributed by atoms with Gasteiger partial charge in [0.05, 0.1) is 0 Å². The van der Waals surface area contributed by atoms with Gasteiger partial charge in [-0.1, -0.05) is 160 Å². The van der Waals surface area contributed by atoms with Crippen LogP contribution in [0.4, 0.5) is 11.4 Å². The first-order valence-corrected chi connectivity index (χ1v) is 21.4. The quantitative estimate of drug-likeness (QED) is 0.160. The number of benzene rings is 7. The van der Waals surface area contributed by atoms with Gasteiger partial charge in [0.25, 0.3) is 0 Å². The fourth-order valence-corrected chi connectivity index (χ4v) is 9.80. The second-order valence-electron chi connectivity index (χ2n) is 17.5. The van der Waals surface area contributed by atoms with Crippen molar-refractivity contribution in [2.75, 3.05) is 4.90 Å². The van der Waals surface area contributed by atoms with Crippen molar-refractivity contribution in [3.63, 3.8) is 0 Å². The number of hydrogen-bond acceptors (Lipinski definition) is 2. The molecule has 3 aliphatic carbocycles. The summed E-state index contributed by atoms with van der Waals surface area (Å²) < 4.78 is 6.15. The molecule has 0 saturated carbocycles. The normalized spacial score (nSPS) is 17.6. The van der Waals surface area contributed by atoms with Crippen molar-refractivity contribution in [3.8, 4) is 33.4 Å². The summed E-state index contributed by atoms with van der Waals surface area (Å²) in [5.41, 5.74) is 19.3. The molecule has 1 unspecified atom stereocenters. The van der Waals surface area contributed by atoms with E-state index in [-0.39, 0.29) is 10.8 Å². The average Bonchev–Trinajstić information content (AvgIpc) is 3.79. The number of nitrogens with zero attached hydrogens (tertiary/aromatic N) is 1. The second-order valence-corrected chi connectivity index (χ2v) is 17.5. The van der Waals surface area contributed by atoms with E-state index in [4.69, 9.17) is 4.42 Å². The smallest absolute Gasteiger partial charge is 0.135 e. The van der Waals surface area contributed by atoms with Crippen LogP contribution in [0.25, 0.3) is 60.9 Å². The average molecular weight is 774 g/mol. The Morgan fingerprint density at radius 2 is 1.15 bits per heavy atom. The van der Waals surface area contributed by atoms with Crippen molar-refractivity contribution in [1.29, 1.82) is 0 Å². The van der Waals surface area contributed by atoms with Gasteiger partial charge in [-0.3, -0.25) is 0 Å². The molecule has 3 aliphatic rings. The summed E-state index contributed by atoms with van der Waals surface area (Å²) in [5, 5.41) is 2.29. The van der Waals surface area contributed by atoms with Crippen LogP contribution in [0.3, 0.4) is 0 Å². The Morgan fingerprint density at radius 3 is 1.92 bits per heavy atom. The number of para-hydroxylation sites is 1. The van der Waals surface area contributed by atoms with Gasteiger partial charge in [-0.2, -0.15) is 0 Å². The van der Waals surface area contributed by atoms with E-state index < -0.39 is 0 Å². The van der Waals surface area contributed by atoms with Gasteiger partial charge in [-0.25, -0.2) is 0 Å². The summed E-state index contributed by atoms with van der Waals surface area (Å²) >= 11 is 0. The number of furan rings is 1. The molecule has 8 aromatic rings. The number of rotatable bonds is 7. The largest absolute Gasteiger partial charge is 0.456 e. The molecule has 1 aromatic heterocycles. The Bertz CT molecular complexity index is 3080. The highest BCUT2D eigenvalue weighted by Gasteiger charge is 2.37. The number of allylic oxidation sites excluding steroid dienone is 7. The minimum absolute atomic E-state index is 0.119. The topological polar surface area (TPSA) is 16.4 Å². The molecule has 1 heterocycles. The van der Waals surface area contributed by atoms with E-state index in [2.05, 4.69) is 208 Å². The summed E-state index contributed by atoms with van der Waals surface area (Å²) in [7, 11) is 0. The van der Waals surface area contributed by atoms with Gasteiger partial charge in [0.15, 0.2) is 0 Å². The molecule has 0 bridgehead atoms. The van der Waals surface area contributed by atoms with E-state index >= 15 is 0 Å². The van der Waals surface area contributed by atoms with E-state index in [0.29, 0.717) is 0 Å². The van der Waals surface area contributed by atoms with Gasteiger partial charge in [0.1, 0.15) is 11.2 Å². The first-order valence-electron chi connectivity index (χ1n) is 21.4. The third-order valence-corrected chi connectivity index (χ3v) is 13.3. The maximum absolute atomic E-state index is 6.15. The summed E-state index contributed by atoms with van der Waals surface area (Å²) in [5.74, 6) is 0. The Labute approximate surface area is 353 Å². The SMILES string of the molecule is CC1(c2ccc(-c3ccccc3)cc2)C=CC(N(c2ccc(-c3ccc4oc5ccccc5c4c3)cc2)c2ccc3c(c2)C(C)(C)c2cc(C4=CCCC=C4)ccc2-3)=CC1. The van der Waals surface area contributed by atoms with Crippen LogP contribution in [0.5, 0.6) is 0 Å². The predicted molar refractivity (Wildman–Crippen MR) is 253 cm³/mol. The molecule has 11 rings (SSSR count). The van der Waals surface area contributed by atoms with Crippen molar-refractivity contribution in [2.24, 2.45) is 0 Å². The molecule has 0 aliphatic heterocycles. The molecule has 0 fully saturated rings. The molecular weight excluding hydrogens is 727 g/mol. The number of anilines is 2. The molecule has 2 heteroatoms.